The molecule has 0 bridgehead atoms. The maximum atomic E-state index is 12.5. The number of carbonyl (C=O) groups is 2. The molecule has 7 nitrogen and oxygen atoms in total. The van der Waals surface area contributed by atoms with Crippen LogP contribution in [0.25, 0.3) is 16.7 Å². The largest absolute Gasteiger partial charge is 0.386 e. The molecule has 0 atom stereocenters. The molecule has 0 radical (unpaired) electrons. The third-order valence-corrected chi connectivity index (χ3v) is 6.14. The molecule has 4 N–H and O–H groups in total. The molecule has 4 rings (SSSR count). The highest BCUT2D eigenvalue weighted by Gasteiger charge is 2.27. The van der Waals surface area contributed by atoms with E-state index in [1.807, 2.05) is 43.3 Å². The van der Waals surface area contributed by atoms with Crippen LogP contribution in [0.3, 0.4) is 0 Å². The lowest BCUT2D eigenvalue weighted by atomic mass is 9.91. The van der Waals surface area contributed by atoms with Crippen molar-refractivity contribution < 1.29 is 18.0 Å². The fourth-order valence-corrected chi connectivity index (χ4v) is 3.98. The first-order valence-electron chi connectivity index (χ1n) is 9.85. The van der Waals surface area contributed by atoms with Gasteiger partial charge >= 0.3 is 0 Å². The summed E-state index contributed by atoms with van der Waals surface area (Å²) in [5.41, 5.74) is 5.14. The van der Waals surface area contributed by atoms with Gasteiger partial charge in [-0.3, -0.25) is 14.9 Å². The lowest BCUT2D eigenvalue weighted by Crippen LogP contribution is -2.37. The molecule has 0 aromatic heterocycles. The number of nitrogens with one attached hydrogen (secondary N) is 2. The number of carbonyl (C=O) groups excluding carboxylic acids is 2. The summed E-state index contributed by atoms with van der Waals surface area (Å²) in [4.78, 5) is 24.9. The van der Waals surface area contributed by atoms with Gasteiger partial charge in [-0.25, -0.2) is 13.6 Å². The molecule has 1 aliphatic heterocycles. The van der Waals surface area contributed by atoms with Gasteiger partial charge in [-0.05, 0) is 47.9 Å². The van der Waals surface area contributed by atoms with Gasteiger partial charge in [-0.1, -0.05) is 48.0 Å². The lowest BCUT2D eigenvalue weighted by Gasteiger charge is -2.19. The van der Waals surface area contributed by atoms with Gasteiger partial charge in [0.1, 0.15) is 0 Å². The lowest BCUT2D eigenvalue weighted by molar-refractivity contribution is -0.114. The molecule has 3 aromatic carbocycles. The number of aryl methyl sites for hydroxylation is 1. The highest BCUT2D eigenvalue weighted by molar-refractivity contribution is 7.89. The molecule has 1 aliphatic rings. The third kappa shape index (κ3) is 4.46. The van der Waals surface area contributed by atoms with Crippen molar-refractivity contribution in [3.05, 3.63) is 95.2 Å². The van der Waals surface area contributed by atoms with Gasteiger partial charge in [-0.2, -0.15) is 0 Å². The van der Waals surface area contributed by atoms with Crippen LogP contribution in [0.15, 0.2) is 77.8 Å². The van der Waals surface area contributed by atoms with Crippen LogP contribution in [0, 0.1) is 6.92 Å². The Morgan fingerprint density at radius 2 is 1.53 bits per heavy atom. The minimum absolute atomic E-state index is 0.0299. The average Bonchev–Trinajstić information content (AvgIpc) is 2.76. The summed E-state index contributed by atoms with van der Waals surface area (Å²) in [7, 11) is -3.75. The smallest absolute Gasteiger partial charge is 0.260 e. The molecular weight excluding hydrogens is 426 g/mol. The number of benzene rings is 3. The van der Waals surface area contributed by atoms with Gasteiger partial charge in [0.2, 0.25) is 10.0 Å². The van der Waals surface area contributed by atoms with Crippen LogP contribution < -0.4 is 15.8 Å². The normalized spacial score (nSPS) is 14.8. The summed E-state index contributed by atoms with van der Waals surface area (Å²) in [5, 5.41) is 10.5. The Labute approximate surface area is 186 Å². The van der Waals surface area contributed by atoms with E-state index in [9.17, 15) is 18.0 Å². The van der Waals surface area contributed by atoms with Crippen LogP contribution >= 0.6 is 0 Å². The SMILES string of the molecule is Cc1ccc(-c2ccc3c(c2)/C(=C/NCc2ccc(S(N)(=O)=O)cc2)C(=O)NC3=O)cc1. The summed E-state index contributed by atoms with van der Waals surface area (Å²) in [6.45, 7) is 2.36. The Balaban J connectivity index is 1.61. The van der Waals surface area contributed by atoms with E-state index in [1.165, 1.54) is 12.1 Å². The second-order valence-electron chi connectivity index (χ2n) is 7.54. The van der Waals surface area contributed by atoms with Crippen LogP contribution in [0.5, 0.6) is 0 Å². The molecule has 0 saturated carbocycles. The first-order chi connectivity index (χ1) is 15.2. The highest BCUT2D eigenvalue weighted by Crippen LogP contribution is 2.29. The molecule has 0 aliphatic carbocycles. The number of rotatable bonds is 5. The number of primary sulfonamides is 1. The van der Waals surface area contributed by atoms with Crippen molar-refractivity contribution in [1.29, 1.82) is 0 Å². The Kier molecular flexibility index (Phi) is 5.65. The number of amides is 2. The van der Waals surface area contributed by atoms with E-state index >= 15 is 0 Å². The van der Waals surface area contributed by atoms with Crippen molar-refractivity contribution >= 4 is 27.4 Å². The first-order valence-corrected chi connectivity index (χ1v) is 11.4. The fourth-order valence-electron chi connectivity index (χ4n) is 3.46. The molecule has 0 saturated heterocycles. The Hall–Kier alpha value is -3.75. The molecule has 0 spiro atoms. The van der Waals surface area contributed by atoms with Gasteiger partial charge in [0.25, 0.3) is 11.8 Å². The summed E-state index contributed by atoms with van der Waals surface area (Å²) in [6, 6.07) is 19.5. The van der Waals surface area contributed by atoms with E-state index < -0.39 is 21.8 Å². The molecule has 8 heteroatoms. The molecular formula is C24H21N3O4S. The molecule has 0 unspecified atom stereocenters. The Morgan fingerprint density at radius 1 is 0.875 bits per heavy atom. The summed E-state index contributed by atoms with van der Waals surface area (Å²) in [5.74, 6) is -0.920. The fraction of sp³-hybridized carbons (Fsp3) is 0.0833. The van der Waals surface area contributed by atoms with Crippen LogP contribution in [0.1, 0.15) is 27.0 Å². The monoisotopic (exact) mass is 447 g/mol. The number of hydrogen-bond donors (Lipinski definition) is 3. The predicted octanol–water partition coefficient (Wildman–Crippen LogP) is 2.71. The maximum absolute atomic E-state index is 12.5. The third-order valence-electron chi connectivity index (χ3n) is 5.22. The van der Waals surface area contributed by atoms with Gasteiger partial charge in [-0.15, -0.1) is 0 Å². The van der Waals surface area contributed by atoms with Crippen LogP contribution in [-0.4, -0.2) is 20.2 Å². The number of imide groups is 1. The number of nitrogens with two attached hydrogens (primary N) is 1. The van der Waals surface area contributed by atoms with Gasteiger partial charge in [0, 0.05) is 23.9 Å². The zero-order valence-electron chi connectivity index (χ0n) is 17.3. The predicted molar refractivity (Wildman–Crippen MR) is 122 cm³/mol. The number of hydrogen-bond acceptors (Lipinski definition) is 5. The average molecular weight is 448 g/mol. The van der Waals surface area contributed by atoms with E-state index in [1.54, 1.807) is 24.4 Å². The highest BCUT2D eigenvalue weighted by atomic mass is 32.2. The Morgan fingerprint density at radius 3 is 2.19 bits per heavy atom. The van der Waals surface area contributed by atoms with E-state index in [4.69, 9.17) is 5.14 Å². The zero-order valence-corrected chi connectivity index (χ0v) is 18.1. The van der Waals surface area contributed by atoms with Crippen molar-refractivity contribution in [2.75, 3.05) is 0 Å². The molecule has 3 aromatic rings. The molecule has 1 heterocycles. The van der Waals surface area contributed by atoms with Crippen LogP contribution in [0.2, 0.25) is 0 Å². The van der Waals surface area contributed by atoms with Crippen LogP contribution in [-0.2, 0) is 21.4 Å². The number of sulfonamides is 1. The summed E-state index contributed by atoms with van der Waals surface area (Å²) in [6.07, 6.45) is 1.56. The van der Waals surface area contributed by atoms with Gasteiger partial charge in [0.15, 0.2) is 0 Å². The maximum Gasteiger partial charge on any atom is 0.260 e. The minimum atomic E-state index is -3.75. The standard InChI is InChI=1S/C24H21N3O4S/c1-15-2-6-17(7-3-15)18-8-11-20-21(12-18)22(24(29)27-23(20)28)14-26-13-16-4-9-19(10-5-16)32(25,30)31/h2-12,14,26H,13H2,1H3,(H2,25,30,31)(H,27,28,29)/b22-14-. The van der Waals surface area contributed by atoms with E-state index in [0.717, 1.165) is 22.3 Å². The minimum Gasteiger partial charge on any atom is -0.386 e. The van der Waals surface area contributed by atoms with Crippen molar-refractivity contribution in [2.45, 2.75) is 18.4 Å². The quantitative estimate of drug-likeness (QED) is 0.411. The van der Waals surface area contributed by atoms with E-state index in [-0.39, 0.29) is 4.90 Å². The van der Waals surface area contributed by atoms with Crippen molar-refractivity contribution in [1.82, 2.24) is 10.6 Å². The second kappa shape index (κ2) is 8.41. The van der Waals surface area contributed by atoms with Crippen LogP contribution in [0.4, 0.5) is 0 Å². The van der Waals surface area contributed by atoms with Crippen molar-refractivity contribution in [3.8, 4) is 11.1 Å². The molecule has 0 fully saturated rings. The zero-order chi connectivity index (χ0) is 22.9. The molecule has 162 valence electrons. The van der Waals surface area contributed by atoms with Gasteiger partial charge < -0.3 is 5.32 Å². The van der Waals surface area contributed by atoms with Crippen molar-refractivity contribution in [2.24, 2.45) is 5.14 Å². The molecule has 32 heavy (non-hydrogen) atoms. The van der Waals surface area contributed by atoms with Crippen molar-refractivity contribution in [3.63, 3.8) is 0 Å². The molecule has 2 amide bonds. The summed E-state index contributed by atoms with van der Waals surface area (Å²) >= 11 is 0. The first kappa shape index (κ1) is 21.5. The topological polar surface area (TPSA) is 118 Å². The van der Waals surface area contributed by atoms with E-state index in [2.05, 4.69) is 10.6 Å². The number of fused-ring (bicyclic) bond motifs is 1. The summed E-state index contributed by atoms with van der Waals surface area (Å²) < 4.78 is 22.7. The van der Waals surface area contributed by atoms with E-state index in [0.29, 0.717) is 23.2 Å². The second-order valence-corrected chi connectivity index (χ2v) is 9.10. The van der Waals surface area contributed by atoms with Gasteiger partial charge in [0.05, 0.1) is 10.5 Å². The Bertz CT molecular complexity index is 1340.